The largest absolute Gasteiger partial charge is 0.488 e. The Kier molecular flexibility index (Phi) is 4.21. The molecule has 0 saturated heterocycles. The monoisotopic (exact) mass is 343 g/mol. The quantitative estimate of drug-likeness (QED) is 0.845. The van der Waals surface area contributed by atoms with Gasteiger partial charge in [0.25, 0.3) is 0 Å². The highest BCUT2D eigenvalue weighted by atomic mass is 19.4. The van der Waals surface area contributed by atoms with E-state index in [-0.39, 0.29) is 23.0 Å². The maximum atomic E-state index is 13.5. The Morgan fingerprint density at radius 1 is 1.12 bits per heavy atom. The Labute approximate surface area is 135 Å². The lowest BCUT2D eigenvalue weighted by Gasteiger charge is -2.15. The summed E-state index contributed by atoms with van der Waals surface area (Å²) in [4.78, 5) is 0. The first-order valence-corrected chi connectivity index (χ1v) is 7.30. The van der Waals surface area contributed by atoms with Crippen molar-refractivity contribution >= 4 is 0 Å². The van der Waals surface area contributed by atoms with E-state index in [1.807, 2.05) is 0 Å². The number of nitrogens with one attached hydrogen (secondary N) is 1. The summed E-state index contributed by atoms with van der Waals surface area (Å²) < 4.78 is 71.8. The van der Waals surface area contributed by atoms with Gasteiger partial charge in [-0.25, -0.2) is 8.78 Å². The van der Waals surface area contributed by atoms with Crippen molar-refractivity contribution in [2.24, 2.45) is 0 Å². The molecule has 1 N–H and O–H groups in total. The number of hydrogen-bond donors (Lipinski definition) is 1. The van der Waals surface area contributed by atoms with Gasteiger partial charge in [0.2, 0.25) is 0 Å². The fourth-order valence-corrected chi connectivity index (χ4v) is 2.82. The van der Waals surface area contributed by atoms with Crippen LogP contribution in [0.5, 0.6) is 5.75 Å². The second-order valence-corrected chi connectivity index (χ2v) is 5.64. The maximum absolute atomic E-state index is 13.5. The molecule has 1 unspecified atom stereocenters. The summed E-state index contributed by atoms with van der Waals surface area (Å²) in [6, 6.07) is 4.96. The van der Waals surface area contributed by atoms with Gasteiger partial charge in [-0.3, -0.25) is 0 Å². The van der Waals surface area contributed by atoms with Crippen LogP contribution in [0.4, 0.5) is 22.0 Å². The summed E-state index contributed by atoms with van der Waals surface area (Å²) in [5, 5.41) is 2.91. The molecule has 2 aromatic rings. The zero-order valence-corrected chi connectivity index (χ0v) is 12.7. The van der Waals surface area contributed by atoms with Crippen LogP contribution in [0.3, 0.4) is 0 Å². The lowest BCUT2D eigenvalue weighted by molar-refractivity contribution is -0.137. The van der Waals surface area contributed by atoms with Crippen molar-refractivity contribution in [2.45, 2.75) is 18.7 Å². The molecule has 1 aliphatic rings. The first kappa shape index (κ1) is 16.7. The molecule has 0 fully saturated rings. The van der Waals surface area contributed by atoms with Crippen LogP contribution in [0.1, 0.15) is 11.1 Å². The molecule has 128 valence electrons. The Hall–Kier alpha value is -2.15. The smallest absolute Gasteiger partial charge is 0.416 e. The predicted molar refractivity (Wildman–Crippen MR) is 78.8 cm³/mol. The molecular weight excluding hydrogens is 329 g/mol. The van der Waals surface area contributed by atoms with Crippen molar-refractivity contribution in [3.05, 3.63) is 53.1 Å². The predicted octanol–water partition coefficient (Wildman–Crippen LogP) is 4.17. The Morgan fingerprint density at radius 2 is 1.88 bits per heavy atom. The average molecular weight is 343 g/mol. The number of fused-ring (bicyclic) bond motifs is 1. The van der Waals surface area contributed by atoms with Gasteiger partial charge in [0.15, 0.2) is 11.6 Å². The molecule has 2 nitrogen and oxygen atoms in total. The van der Waals surface area contributed by atoms with E-state index in [4.69, 9.17) is 4.74 Å². The van der Waals surface area contributed by atoms with Crippen molar-refractivity contribution in [3.63, 3.8) is 0 Å². The summed E-state index contributed by atoms with van der Waals surface area (Å²) in [7, 11) is 1.71. The highest BCUT2D eigenvalue weighted by molar-refractivity contribution is 5.74. The van der Waals surface area contributed by atoms with Crippen molar-refractivity contribution < 1.29 is 26.7 Å². The fraction of sp³-hybridized carbons (Fsp3) is 0.294. The molecule has 1 heterocycles. The minimum atomic E-state index is -4.54. The summed E-state index contributed by atoms with van der Waals surface area (Å²) in [5.41, 5.74) is -0.182. The molecule has 24 heavy (non-hydrogen) atoms. The average Bonchev–Trinajstić information content (AvgIpc) is 2.91. The molecule has 7 heteroatoms. The van der Waals surface area contributed by atoms with Gasteiger partial charge < -0.3 is 10.1 Å². The molecule has 0 saturated carbocycles. The van der Waals surface area contributed by atoms with Gasteiger partial charge in [0.05, 0.1) is 5.56 Å². The summed E-state index contributed by atoms with van der Waals surface area (Å²) >= 11 is 0. The lowest BCUT2D eigenvalue weighted by Crippen LogP contribution is -2.27. The third kappa shape index (κ3) is 3.08. The highest BCUT2D eigenvalue weighted by Crippen LogP contribution is 2.43. The Bertz CT molecular complexity index is 772. The Morgan fingerprint density at radius 3 is 2.50 bits per heavy atom. The fourth-order valence-electron chi connectivity index (χ4n) is 2.82. The topological polar surface area (TPSA) is 21.3 Å². The van der Waals surface area contributed by atoms with Gasteiger partial charge in [-0.05, 0) is 42.4 Å². The van der Waals surface area contributed by atoms with Gasteiger partial charge in [-0.1, -0.05) is 6.07 Å². The number of rotatable bonds is 3. The van der Waals surface area contributed by atoms with Gasteiger partial charge in [0, 0.05) is 18.5 Å². The van der Waals surface area contributed by atoms with E-state index >= 15 is 0 Å². The van der Waals surface area contributed by atoms with E-state index in [1.165, 1.54) is 6.07 Å². The Balaban J connectivity index is 2.14. The highest BCUT2D eigenvalue weighted by Gasteiger charge is 2.35. The first-order valence-electron chi connectivity index (χ1n) is 7.30. The first-order chi connectivity index (χ1) is 11.3. The van der Waals surface area contributed by atoms with E-state index in [0.717, 1.165) is 24.3 Å². The minimum Gasteiger partial charge on any atom is -0.488 e. The van der Waals surface area contributed by atoms with Crippen molar-refractivity contribution in [1.29, 1.82) is 0 Å². The van der Waals surface area contributed by atoms with Gasteiger partial charge >= 0.3 is 6.18 Å². The maximum Gasteiger partial charge on any atom is 0.416 e. The summed E-state index contributed by atoms with van der Waals surface area (Å²) in [6.07, 6.45) is -4.53. The van der Waals surface area contributed by atoms with Crippen LogP contribution >= 0.6 is 0 Å². The summed E-state index contributed by atoms with van der Waals surface area (Å²) in [6.45, 7) is 0.466. The van der Waals surface area contributed by atoms with Crippen LogP contribution in [0.25, 0.3) is 11.1 Å². The number of ether oxygens (including phenoxy) is 1. The number of benzene rings is 2. The van der Waals surface area contributed by atoms with Crippen LogP contribution in [-0.4, -0.2) is 19.7 Å². The van der Waals surface area contributed by atoms with Crippen LogP contribution in [0, 0.1) is 11.6 Å². The van der Waals surface area contributed by atoms with Crippen LogP contribution < -0.4 is 10.1 Å². The van der Waals surface area contributed by atoms with Crippen molar-refractivity contribution in [1.82, 2.24) is 5.32 Å². The van der Waals surface area contributed by atoms with E-state index in [9.17, 15) is 22.0 Å². The van der Waals surface area contributed by atoms with Crippen LogP contribution in [0.2, 0.25) is 0 Å². The molecule has 1 atom stereocenters. The van der Waals surface area contributed by atoms with E-state index in [0.29, 0.717) is 18.5 Å². The number of hydrogen-bond acceptors (Lipinski definition) is 2. The summed E-state index contributed by atoms with van der Waals surface area (Å²) in [5.74, 6) is -1.89. The third-order valence-corrected chi connectivity index (χ3v) is 3.89. The van der Waals surface area contributed by atoms with E-state index < -0.39 is 23.4 Å². The molecule has 0 amide bonds. The molecular formula is C17H14F5NO. The number of halogens is 5. The molecule has 0 aliphatic carbocycles. The lowest BCUT2D eigenvalue weighted by atomic mass is 9.97. The minimum absolute atomic E-state index is 0.109. The second kappa shape index (κ2) is 6.05. The normalized spacial score (nSPS) is 16.8. The van der Waals surface area contributed by atoms with Crippen molar-refractivity contribution in [3.8, 4) is 16.9 Å². The molecule has 1 aliphatic heterocycles. The number of likely N-dealkylation sites (N-methyl/N-ethyl adjacent to an activating group) is 1. The molecule has 0 radical (unpaired) electrons. The zero-order valence-electron chi connectivity index (χ0n) is 12.7. The van der Waals surface area contributed by atoms with Crippen LogP contribution in [0.15, 0.2) is 30.3 Å². The van der Waals surface area contributed by atoms with Crippen molar-refractivity contribution in [2.75, 3.05) is 13.6 Å². The van der Waals surface area contributed by atoms with E-state index in [2.05, 4.69) is 5.32 Å². The molecule has 0 bridgehead atoms. The SMILES string of the molecule is CNCC1Cc2cc(C(F)(F)F)cc(-c3ccc(F)c(F)c3)c2O1. The second-order valence-electron chi connectivity index (χ2n) is 5.64. The molecule has 0 spiro atoms. The third-order valence-electron chi connectivity index (χ3n) is 3.89. The van der Waals surface area contributed by atoms with Gasteiger partial charge in [0.1, 0.15) is 11.9 Å². The van der Waals surface area contributed by atoms with Crippen LogP contribution in [-0.2, 0) is 12.6 Å². The molecule has 3 rings (SSSR count). The standard InChI is InChI=1S/C17H14F5NO/c1-23-8-12-5-10-4-11(17(20,21)22)7-13(16(10)24-12)9-2-3-14(18)15(19)6-9/h2-4,6-7,12,23H,5,8H2,1H3. The molecule has 2 aromatic carbocycles. The number of alkyl halides is 3. The zero-order chi connectivity index (χ0) is 17.5. The van der Waals surface area contributed by atoms with Gasteiger partial charge in [-0.15, -0.1) is 0 Å². The molecule has 0 aromatic heterocycles. The van der Waals surface area contributed by atoms with Gasteiger partial charge in [-0.2, -0.15) is 13.2 Å². The van der Waals surface area contributed by atoms with E-state index in [1.54, 1.807) is 7.05 Å².